The SMILES string of the molecule is NC(CS)C(=O)O.[Ag]. The number of carboxylic acid groups (broad SMARTS) is 1. The van der Waals surface area contributed by atoms with E-state index in [4.69, 9.17) is 10.8 Å². The molecular weight excluding hydrogens is 222 g/mol. The van der Waals surface area contributed by atoms with Gasteiger partial charge in [-0.05, 0) is 0 Å². The minimum absolute atomic E-state index is 0. The van der Waals surface area contributed by atoms with Gasteiger partial charge in [-0.15, -0.1) is 0 Å². The summed E-state index contributed by atoms with van der Waals surface area (Å²) in [5.74, 6) is -0.815. The molecule has 0 aliphatic rings. The van der Waals surface area contributed by atoms with Crippen molar-refractivity contribution in [2.24, 2.45) is 5.73 Å². The Bertz CT molecular complexity index is 79.7. The zero-order chi connectivity index (χ0) is 5.86. The Labute approximate surface area is 68.6 Å². The molecule has 0 bridgehead atoms. The van der Waals surface area contributed by atoms with Crippen molar-refractivity contribution in [2.45, 2.75) is 6.04 Å². The van der Waals surface area contributed by atoms with E-state index in [2.05, 4.69) is 12.6 Å². The van der Waals surface area contributed by atoms with E-state index in [1.807, 2.05) is 0 Å². The molecule has 1 radical (unpaired) electrons. The number of nitrogens with two attached hydrogens (primary N) is 1. The van der Waals surface area contributed by atoms with E-state index in [-0.39, 0.29) is 28.1 Å². The van der Waals surface area contributed by atoms with Crippen molar-refractivity contribution < 1.29 is 32.3 Å². The van der Waals surface area contributed by atoms with Crippen LogP contribution in [0.4, 0.5) is 0 Å². The number of hydrogen-bond donors (Lipinski definition) is 3. The van der Waals surface area contributed by atoms with E-state index in [0.29, 0.717) is 0 Å². The molecule has 53 valence electrons. The van der Waals surface area contributed by atoms with Crippen molar-refractivity contribution in [1.29, 1.82) is 0 Å². The maximum atomic E-state index is 9.76. The summed E-state index contributed by atoms with van der Waals surface area (Å²) >= 11 is 3.65. The summed E-state index contributed by atoms with van der Waals surface area (Å²) in [7, 11) is 0. The fourth-order valence-corrected chi connectivity index (χ4v) is 0.234. The van der Waals surface area contributed by atoms with Crippen LogP contribution in [-0.4, -0.2) is 22.9 Å². The predicted octanol–water partition coefficient (Wildman–Crippen LogP) is -0.674. The number of hydrogen-bond acceptors (Lipinski definition) is 3. The molecule has 5 heteroatoms. The molecule has 3 N–H and O–H groups in total. The van der Waals surface area contributed by atoms with Crippen molar-refractivity contribution >= 4 is 18.6 Å². The molecule has 1 atom stereocenters. The average molecular weight is 229 g/mol. The summed E-state index contributed by atoms with van der Waals surface area (Å²) in [4.78, 5) is 9.76. The second kappa shape index (κ2) is 5.65. The standard InChI is InChI=1S/C3H7NO2S.Ag/c4-2(1-7)3(5)6;/h2,7H,1,4H2,(H,5,6);. The summed E-state index contributed by atoms with van der Waals surface area (Å²) in [5.41, 5.74) is 4.94. The van der Waals surface area contributed by atoms with Gasteiger partial charge in [0.1, 0.15) is 6.04 Å². The van der Waals surface area contributed by atoms with E-state index >= 15 is 0 Å². The van der Waals surface area contributed by atoms with Crippen LogP contribution in [0, 0.1) is 0 Å². The molecule has 3 nitrogen and oxygen atoms in total. The zero-order valence-electron chi connectivity index (χ0n) is 3.97. The van der Waals surface area contributed by atoms with Crippen molar-refractivity contribution in [2.75, 3.05) is 5.75 Å². The number of carboxylic acids is 1. The number of carbonyl (C=O) groups is 1. The quantitative estimate of drug-likeness (QED) is 0.434. The van der Waals surface area contributed by atoms with Gasteiger partial charge in [0.2, 0.25) is 0 Å². The Morgan fingerprint density at radius 1 is 1.88 bits per heavy atom. The molecular formula is C3H7AgNO2S. The maximum Gasteiger partial charge on any atom is 0.321 e. The largest absolute Gasteiger partial charge is 0.480 e. The summed E-state index contributed by atoms with van der Waals surface area (Å²) in [6, 6.07) is -0.816. The van der Waals surface area contributed by atoms with Crippen LogP contribution in [-0.2, 0) is 27.2 Å². The maximum absolute atomic E-state index is 9.76. The second-order valence-corrected chi connectivity index (χ2v) is 1.49. The first-order valence-corrected chi connectivity index (χ1v) is 2.41. The van der Waals surface area contributed by atoms with Crippen molar-refractivity contribution in [3.8, 4) is 0 Å². The first-order valence-electron chi connectivity index (χ1n) is 1.77. The van der Waals surface area contributed by atoms with Gasteiger partial charge in [-0.25, -0.2) is 0 Å². The summed E-state index contributed by atoms with van der Waals surface area (Å²) in [6.45, 7) is 0. The van der Waals surface area contributed by atoms with Gasteiger partial charge in [-0.2, -0.15) is 12.6 Å². The summed E-state index contributed by atoms with van der Waals surface area (Å²) in [6.07, 6.45) is 0. The summed E-state index contributed by atoms with van der Waals surface area (Å²) < 4.78 is 0. The average Bonchev–Trinajstić information content (AvgIpc) is 1.65. The predicted molar refractivity (Wildman–Crippen MR) is 29.5 cm³/mol. The Morgan fingerprint density at radius 2 is 2.25 bits per heavy atom. The topological polar surface area (TPSA) is 63.3 Å². The molecule has 1 unspecified atom stereocenters. The molecule has 0 spiro atoms. The third-order valence-electron chi connectivity index (χ3n) is 0.514. The van der Waals surface area contributed by atoms with Crippen molar-refractivity contribution in [1.82, 2.24) is 0 Å². The molecule has 0 aliphatic carbocycles. The Balaban J connectivity index is 0. The molecule has 8 heavy (non-hydrogen) atoms. The first-order chi connectivity index (χ1) is 3.18. The Hall–Kier alpha value is 0.520. The molecule has 0 saturated heterocycles. The number of rotatable bonds is 2. The molecule has 0 heterocycles. The summed E-state index contributed by atoms with van der Waals surface area (Å²) in [5, 5.41) is 8.01. The van der Waals surface area contributed by atoms with Crippen LogP contribution in [0.15, 0.2) is 0 Å². The van der Waals surface area contributed by atoms with Crippen LogP contribution in [0.3, 0.4) is 0 Å². The minimum atomic E-state index is -1.00. The Kier molecular flexibility index (Phi) is 8.01. The molecule has 0 fully saturated rings. The Morgan fingerprint density at radius 3 is 2.25 bits per heavy atom. The van der Waals surface area contributed by atoms with E-state index in [0.717, 1.165) is 0 Å². The van der Waals surface area contributed by atoms with Gasteiger partial charge >= 0.3 is 5.97 Å². The molecule has 0 amide bonds. The van der Waals surface area contributed by atoms with E-state index in [1.54, 1.807) is 0 Å². The van der Waals surface area contributed by atoms with Gasteiger partial charge in [0, 0.05) is 28.1 Å². The first kappa shape index (κ1) is 11.3. The van der Waals surface area contributed by atoms with Crippen molar-refractivity contribution in [3.05, 3.63) is 0 Å². The number of aliphatic carboxylic acids is 1. The monoisotopic (exact) mass is 228 g/mol. The van der Waals surface area contributed by atoms with Gasteiger partial charge in [0.15, 0.2) is 0 Å². The number of thiol groups is 1. The normalized spacial score (nSPS) is 11.8. The zero-order valence-corrected chi connectivity index (χ0v) is 6.34. The van der Waals surface area contributed by atoms with Crippen LogP contribution in [0.5, 0.6) is 0 Å². The molecule has 0 aromatic carbocycles. The van der Waals surface area contributed by atoms with Crippen LogP contribution in [0.1, 0.15) is 0 Å². The van der Waals surface area contributed by atoms with Crippen molar-refractivity contribution in [3.63, 3.8) is 0 Å². The van der Waals surface area contributed by atoms with Gasteiger partial charge < -0.3 is 10.8 Å². The second-order valence-electron chi connectivity index (χ2n) is 1.13. The molecule has 0 saturated carbocycles. The van der Waals surface area contributed by atoms with Crippen LogP contribution >= 0.6 is 12.6 Å². The van der Waals surface area contributed by atoms with E-state index in [9.17, 15) is 4.79 Å². The molecule has 0 rings (SSSR count). The molecule has 0 aliphatic heterocycles. The fraction of sp³-hybridized carbons (Fsp3) is 0.667. The fourth-order valence-electron chi connectivity index (χ4n) is 0.0781. The smallest absolute Gasteiger partial charge is 0.321 e. The molecule has 0 aromatic heterocycles. The van der Waals surface area contributed by atoms with Gasteiger partial charge in [0.05, 0.1) is 0 Å². The van der Waals surface area contributed by atoms with Crippen LogP contribution in [0.25, 0.3) is 0 Å². The third kappa shape index (κ3) is 4.67. The van der Waals surface area contributed by atoms with E-state index < -0.39 is 12.0 Å². The van der Waals surface area contributed by atoms with Gasteiger partial charge in [-0.3, -0.25) is 4.79 Å². The molecule has 0 aromatic rings. The van der Waals surface area contributed by atoms with Crippen LogP contribution in [0.2, 0.25) is 0 Å². The van der Waals surface area contributed by atoms with E-state index in [1.165, 1.54) is 0 Å². The minimum Gasteiger partial charge on any atom is -0.480 e. The van der Waals surface area contributed by atoms with Crippen LogP contribution < -0.4 is 5.73 Å². The third-order valence-corrected chi connectivity index (χ3v) is 0.907. The van der Waals surface area contributed by atoms with Gasteiger partial charge in [-0.1, -0.05) is 0 Å². The van der Waals surface area contributed by atoms with Gasteiger partial charge in [0.25, 0.3) is 0 Å².